The van der Waals surface area contributed by atoms with Crippen LogP contribution in [-0.4, -0.2) is 5.11 Å². The van der Waals surface area contributed by atoms with Gasteiger partial charge in [0.2, 0.25) is 0 Å². The van der Waals surface area contributed by atoms with Crippen LogP contribution in [0.15, 0.2) is 40.9 Å². The van der Waals surface area contributed by atoms with Gasteiger partial charge in [0.15, 0.2) is 11.6 Å². The minimum atomic E-state index is -0.609. The van der Waals surface area contributed by atoms with E-state index in [2.05, 4.69) is 15.9 Å². The van der Waals surface area contributed by atoms with Crippen LogP contribution in [0.5, 0.6) is 11.5 Å². The van der Waals surface area contributed by atoms with E-state index in [-0.39, 0.29) is 18.1 Å². The van der Waals surface area contributed by atoms with Gasteiger partial charge in [0.1, 0.15) is 11.6 Å². The Morgan fingerprint density at radius 2 is 1.89 bits per heavy atom. The Morgan fingerprint density at radius 3 is 2.50 bits per heavy atom. The number of rotatable bonds is 3. The lowest BCUT2D eigenvalue weighted by Crippen LogP contribution is -1.92. The van der Waals surface area contributed by atoms with Gasteiger partial charge in [-0.05, 0) is 29.8 Å². The topological polar surface area (TPSA) is 29.5 Å². The number of hydrogen-bond acceptors (Lipinski definition) is 2. The first-order valence-corrected chi connectivity index (χ1v) is 5.91. The summed E-state index contributed by atoms with van der Waals surface area (Å²) in [5.41, 5.74) is 0.445. The van der Waals surface area contributed by atoms with Crippen molar-refractivity contribution in [2.24, 2.45) is 0 Å². The van der Waals surface area contributed by atoms with Gasteiger partial charge in [-0.3, -0.25) is 0 Å². The maximum absolute atomic E-state index is 13.6. The molecule has 0 amide bonds. The van der Waals surface area contributed by atoms with E-state index < -0.39 is 11.6 Å². The first-order valence-electron chi connectivity index (χ1n) is 5.12. The highest BCUT2D eigenvalue weighted by Crippen LogP contribution is 2.28. The van der Waals surface area contributed by atoms with Gasteiger partial charge in [0, 0.05) is 10.5 Å². The van der Waals surface area contributed by atoms with Crippen LogP contribution in [0.25, 0.3) is 0 Å². The smallest absolute Gasteiger partial charge is 0.166 e. The maximum atomic E-state index is 13.6. The number of halogens is 3. The lowest BCUT2D eigenvalue weighted by Gasteiger charge is -2.08. The highest BCUT2D eigenvalue weighted by atomic mass is 79.9. The summed E-state index contributed by atoms with van der Waals surface area (Å²) in [6.45, 7) is -0.247. The third kappa shape index (κ3) is 3.05. The molecule has 0 saturated heterocycles. The zero-order valence-corrected chi connectivity index (χ0v) is 10.7. The summed E-state index contributed by atoms with van der Waals surface area (Å²) in [5, 5.41) is 8.85. The van der Waals surface area contributed by atoms with Crippen molar-refractivity contribution >= 4 is 15.9 Å². The maximum Gasteiger partial charge on any atom is 0.166 e. The fourth-order valence-corrected chi connectivity index (χ4v) is 1.88. The van der Waals surface area contributed by atoms with E-state index in [1.807, 2.05) is 0 Å². The van der Waals surface area contributed by atoms with E-state index in [0.717, 1.165) is 6.07 Å². The molecule has 0 atom stereocenters. The van der Waals surface area contributed by atoms with Crippen LogP contribution in [0.4, 0.5) is 8.78 Å². The summed E-state index contributed by atoms with van der Waals surface area (Å²) in [4.78, 5) is 0. The van der Waals surface area contributed by atoms with Crippen LogP contribution in [0.1, 0.15) is 5.56 Å². The molecule has 0 spiro atoms. The summed E-state index contributed by atoms with van der Waals surface area (Å²) in [7, 11) is 0. The van der Waals surface area contributed by atoms with E-state index in [1.54, 1.807) is 0 Å². The zero-order valence-electron chi connectivity index (χ0n) is 9.16. The molecular weight excluding hydrogens is 306 g/mol. The standard InChI is InChI=1S/C13H9BrF2O2/c14-9-4-10(15)6-11(5-9)18-13-2-1-8(7-17)3-12(13)16/h1-6,17H,7H2. The van der Waals surface area contributed by atoms with Gasteiger partial charge in [0.25, 0.3) is 0 Å². The van der Waals surface area contributed by atoms with E-state index in [1.165, 1.54) is 30.3 Å². The second kappa shape index (κ2) is 5.46. The second-order valence-corrected chi connectivity index (χ2v) is 4.55. The normalized spacial score (nSPS) is 10.4. The first kappa shape index (κ1) is 13.0. The van der Waals surface area contributed by atoms with Gasteiger partial charge in [-0.2, -0.15) is 0 Å². The van der Waals surface area contributed by atoms with E-state index in [9.17, 15) is 8.78 Å². The van der Waals surface area contributed by atoms with Crippen molar-refractivity contribution in [1.29, 1.82) is 0 Å². The van der Waals surface area contributed by atoms with Crippen LogP contribution >= 0.6 is 15.9 Å². The Hall–Kier alpha value is -1.46. The third-order valence-electron chi connectivity index (χ3n) is 2.24. The van der Waals surface area contributed by atoms with Crippen molar-refractivity contribution in [2.75, 3.05) is 0 Å². The van der Waals surface area contributed by atoms with Crippen molar-refractivity contribution in [2.45, 2.75) is 6.61 Å². The van der Waals surface area contributed by atoms with Crippen molar-refractivity contribution < 1.29 is 18.6 Å². The summed E-state index contributed by atoms with van der Waals surface area (Å²) in [6.07, 6.45) is 0. The SMILES string of the molecule is OCc1ccc(Oc2cc(F)cc(Br)c2)c(F)c1. The summed E-state index contributed by atoms with van der Waals surface area (Å²) in [6, 6.07) is 8.06. The fraction of sp³-hybridized carbons (Fsp3) is 0.0769. The van der Waals surface area contributed by atoms with E-state index in [4.69, 9.17) is 9.84 Å². The lowest BCUT2D eigenvalue weighted by atomic mass is 10.2. The summed E-state index contributed by atoms with van der Waals surface area (Å²) < 4.78 is 32.4. The van der Waals surface area contributed by atoms with Gasteiger partial charge >= 0.3 is 0 Å². The average Bonchev–Trinajstić information content (AvgIpc) is 2.30. The minimum absolute atomic E-state index is 0.0234. The molecule has 0 aliphatic carbocycles. The lowest BCUT2D eigenvalue weighted by molar-refractivity contribution is 0.281. The number of ether oxygens (including phenoxy) is 1. The Bertz CT molecular complexity index is 553. The quantitative estimate of drug-likeness (QED) is 0.927. The number of aliphatic hydroxyl groups excluding tert-OH is 1. The Morgan fingerprint density at radius 1 is 1.11 bits per heavy atom. The molecule has 0 heterocycles. The van der Waals surface area contributed by atoms with Crippen molar-refractivity contribution in [3.63, 3.8) is 0 Å². The van der Waals surface area contributed by atoms with Crippen molar-refractivity contribution in [3.8, 4) is 11.5 Å². The molecular formula is C13H9BrF2O2. The Kier molecular flexibility index (Phi) is 3.93. The van der Waals surface area contributed by atoms with Gasteiger partial charge < -0.3 is 9.84 Å². The van der Waals surface area contributed by atoms with E-state index >= 15 is 0 Å². The van der Waals surface area contributed by atoms with Gasteiger partial charge in [-0.15, -0.1) is 0 Å². The molecule has 0 unspecified atom stereocenters. The largest absolute Gasteiger partial charge is 0.454 e. The molecule has 2 nitrogen and oxygen atoms in total. The zero-order chi connectivity index (χ0) is 13.1. The number of benzene rings is 2. The van der Waals surface area contributed by atoms with Gasteiger partial charge in [0.05, 0.1) is 6.61 Å². The highest BCUT2D eigenvalue weighted by molar-refractivity contribution is 9.10. The molecule has 2 aromatic rings. The number of aliphatic hydroxyl groups is 1. The first-order chi connectivity index (χ1) is 8.58. The molecule has 0 bridgehead atoms. The average molecular weight is 315 g/mol. The van der Waals surface area contributed by atoms with Gasteiger partial charge in [-0.25, -0.2) is 8.78 Å². The Balaban J connectivity index is 2.28. The molecule has 0 aromatic heterocycles. The third-order valence-corrected chi connectivity index (χ3v) is 2.70. The van der Waals surface area contributed by atoms with Crippen LogP contribution in [-0.2, 0) is 6.61 Å². The van der Waals surface area contributed by atoms with Crippen molar-refractivity contribution in [3.05, 3.63) is 58.1 Å². The fourth-order valence-electron chi connectivity index (χ4n) is 1.44. The predicted molar refractivity (Wildman–Crippen MR) is 66.5 cm³/mol. The molecule has 18 heavy (non-hydrogen) atoms. The predicted octanol–water partition coefficient (Wildman–Crippen LogP) is 4.01. The van der Waals surface area contributed by atoms with Gasteiger partial charge in [-0.1, -0.05) is 22.0 Å². The molecule has 5 heteroatoms. The summed E-state index contributed by atoms with van der Waals surface area (Å²) >= 11 is 3.12. The van der Waals surface area contributed by atoms with Crippen LogP contribution in [0.3, 0.4) is 0 Å². The molecule has 94 valence electrons. The molecule has 1 N–H and O–H groups in total. The number of hydrogen-bond donors (Lipinski definition) is 1. The van der Waals surface area contributed by atoms with Crippen LogP contribution in [0, 0.1) is 11.6 Å². The molecule has 0 fully saturated rings. The molecule has 0 aliphatic rings. The molecule has 0 aliphatic heterocycles. The molecule has 2 rings (SSSR count). The van der Waals surface area contributed by atoms with Crippen molar-refractivity contribution in [1.82, 2.24) is 0 Å². The van der Waals surface area contributed by atoms with Crippen LogP contribution < -0.4 is 4.74 Å². The monoisotopic (exact) mass is 314 g/mol. The van der Waals surface area contributed by atoms with Crippen LogP contribution in [0.2, 0.25) is 0 Å². The minimum Gasteiger partial charge on any atom is -0.454 e. The Labute approximate surface area is 111 Å². The summed E-state index contributed by atoms with van der Waals surface area (Å²) in [5.74, 6) is -0.920. The molecule has 0 saturated carbocycles. The van der Waals surface area contributed by atoms with E-state index in [0.29, 0.717) is 10.0 Å². The highest BCUT2D eigenvalue weighted by Gasteiger charge is 2.07. The molecule has 0 radical (unpaired) electrons. The second-order valence-electron chi connectivity index (χ2n) is 3.63. The molecule has 2 aromatic carbocycles.